The van der Waals surface area contributed by atoms with Crippen LogP contribution in [0.2, 0.25) is 0 Å². The molecule has 0 aromatic rings. The summed E-state index contributed by atoms with van der Waals surface area (Å²) in [6.45, 7) is 4.22. The van der Waals surface area contributed by atoms with Crippen LogP contribution in [-0.4, -0.2) is 96.7 Å². The zero-order chi connectivity index (χ0) is 77.4. The molecule has 0 saturated carbocycles. The summed E-state index contributed by atoms with van der Waals surface area (Å²) in [6.07, 6.45) is 95.8. The van der Waals surface area contributed by atoms with Crippen LogP contribution in [0.25, 0.3) is 0 Å². The molecule has 0 aliphatic carbocycles. The van der Waals surface area contributed by atoms with Crippen molar-refractivity contribution in [3.8, 4) is 0 Å². The number of hydrogen-bond donors (Lipinski definition) is 3. The average Bonchev–Trinajstić information content (AvgIpc) is 0.901. The third-order valence-electron chi connectivity index (χ3n) is 15.3. The molecule has 0 aliphatic rings. The molecule has 0 radical (unpaired) electrons. The van der Waals surface area contributed by atoms with Crippen molar-refractivity contribution >= 4 is 39.5 Å². The number of esters is 4. The zero-order valence-corrected chi connectivity index (χ0v) is 66.8. The lowest BCUT2D eigenvalue weighted by Crippen LogP contribution is -2.30. The van der Waals surface area contributed by atoms with Crippen LogP contribution in [0.4, 0.5) is 0 Å². The molecule has 0 heterocycles. The molecule has 106 heavy (non-hydrogen) atoms. The van der Waals surface area contributed by atoms with Gasteiger partial charge in [0, 0.05) is 19.3 Å². The molecule has 0 aliphatic heterocycles. The van der Waals surface area contributed by atoms with Crippen LogP contribution < -0.4 is 0 Å². The van der Waals surface area contributed by atoms with Crippen LogP contribution in [0, 0.1) is 0 Å². The molecule has 0 fully saturated rings. The quantitative estimate of drug-likeness (QED) is 0.0169. The fourth-order valence-corrected chi connectivity index (χ4v) is 11.0. The lowest BCUT2D eigenvalue weighted by molar-refractivity contribution is -0.161. The maximum atomic E-state index is 13.1. The molecule has 5 unspecified atom stereocenters. The second-order valence-electron chi connectivity index (χ2n) is 25.2. The third kappa shape index (κ3) is 75.9. The molecule has 3 N–H and O–H groups in total. The lowest BCUT2D eigenvalue weighted by atomic mass is 10.1. The standard InChI is InChI=1S/C87H136O17P2/c1-5-9-13-17-21-25-29-33-36-38-40-42-45-48-51-55-59-63-67-71-84(89)97-77-82(103-86(91)73-69-65-61-57-53-47-32-28-24-20-16-12-8-4)79-101-105(93,94)99-75-81(88)76-100-106(95,96)102-80-83(104-87(92)74-70-66-62-58-54-50-44-35-31-27-23-19-15-11-7-3)78-98-85(90)72-68-64-60-56-52-49-46-43-41-39-37-34-30-26-22-18-14-10-6-2/h9-11,13-15,21-23,25-28,32-37,40-44,48-49,51-52,54,58-59,63,66,70,81-83,88H,5-8,12,16-20,24,29-31,38-39,45-47,50,53,55-57,60-62,64-65,67-69,71-80H2,1-4H3,(H,93,94)(H,95,96)/b13-9-,14-10-,15-11-,25-21-,26-22-,27-23-,32-28-,36-33-,37-34-,42-40-,43-41-,44-35-,51-48-,52-49-,58-54-,63-59-,70-66-. The Morgan fingerprint density at radius 3 is 0.915 bits per heavy atom. The highest BCUT2D eigenvalue weighted by atomic mass is 31.2. The van der Waals surface area contributed by atoms with Gasteiger partial charge in [-0.2, -0.15) is 0 Å². The van der Waals surface area contributed by atoms with Crippen molar-refractivity contribution in [3.05, 3.63) is 207 Å². The van der Waals surface area contributed by atoms with E-state index < -0.39 is 97.5 Å². The number of carbonyl (C=O) groups is 4. The highest BCUT2D eigenvalue weighted by molar-refractivity contribution is 7.47. The molecule has 0 aromatic carbocycles. The summed E-state index contributed by atoms with van der Waals surface area (Å²) < 4.78 is 68.3. The summed E-state index contributed by atoms with van der Waals surface area (Å²) in [5, 5.41) is 10.6. The van der Waals surface area contributed by atoms with Crippen LogP contribution >= 0.6 is 15.6 Å². The first-order chi connectivity index (χ1) is 51.7. The van der Waals surface area contributed by atoms with Crippen molar-refractivity contribution in [2.75, 3.05) is 39.6 Å². The van der Waals surface area contributed by atoms with Gasteiger partial charge in [0.15, 0.2) is 12.2 Å². The molecular weight excluding hydrogens is 1380 g/mol. The molecule has 596 valence electrons. The molecule has 17 nitrogen and oxygen atoms in total. The predicted molar refractivity (Wildman–Crippen MR) is 435 cm³/mol. The minimum Gasteiger partial charge on any atom is -0.462 e. The van der Waals surface area contributed by atoms with Crippen molar-refractivity contribution in [1.82, 2.24) is 0 Å². The van der Waals surface area contributed by atoms with Crippen molar-refractivity contribution < 1.29 is 80.2 Å². The number of aliphatic hydroxyl groups excluding tert-OH is 1. The Morgan fingerprint density at radius 1 is 0.283 bits per heavy atom. The van der Waals surface area contributed by atoms with E-state index >= 15 is 0 Å². The lowest BCUT2D eigenvalue weighted by Gasteiger charge is -2.21. The minimum atomic E-state index is -5.03. The Kier molecular flexibility index (Phi) is 72.2. The van der Waals surface area contributed by atoms with Gasteiger partial charge in [0.1, 0.15) is 19.3 Å². The van der Waals surface area contributed by atoms with Gasteiger partial charge in [-0.1, -0.05) is 279 Å². The number of aliphatic hydroxyl groups is 1. The van der Waals surface area contributed by atoms with E-state index in [0.717, 1.165) is 148 Å². The predicted octanol–water partition coefficient (Wildman–Crippen LogP) is 23.1. The maximum Gasteiger partial charge on any atom is 0.472 e. The molecule has 5 atom stereocenters. The van der Waals surface area contributed by atoms with Crippen molar-refractivity contribution in [2.45, 2.75) is 277 Å². The first-order valence-corrected chi connectivity index (χ1v) is 42.3. The van der Waals surface area contributed by atoms with Crippen molar-refractivity contribution in [3.63, 3.8) is 0 Å². The first-order valence-electron chi connectivity index (χ1n) is 39.3. The van der Waals surface area contributed by atoms with E-state index in [9.17, 15) is 43.2 Å². The number of carbonyl (C=O) groups excluding carboxylic acids is 4. The van der Waals surface area contributed by atoms with Gasteiger partial charge >= 0.3 is 39.5 Å². The Balaban J connectivity index is 5.54. The highest BCUT2D eigenvalue weighted by Crippen LogP contribution is 2.45. The minimum absolute atomic E-state index is 0.0242. The van der Waals surface area contributed by atoms with E-state index in [4.69, 9.17) is 37.0 Å². The normalized spacial score (nSPS) is 15.0. The van der Waals surface area contributed by atoms with Gasteiger partial charge in [0.2, 0.25) is 0 Å². The largest absolute Gasteiger partial charge is 0.472 e. The number of allylic oxidation sites excluding steroid dienone is 33. The molecule has 0 aromatic heterocycles. The van der Waals surface area contributed by atoms with Crippen molar-refractivity contribution in [2.24, 2.45) is 0 Å². The first kappa shape index (κ1) is 99.6. The number of unbranched alkanes of at least 4 members (excludes halogenated alkanes) is 12. The zero-order valence-electron chi connectivity index (χ0n) is 65.0. The summed E-state index contributed by atoms with van der Waals surface area (Å²) in [7, 11) is -10.0. The van der Waals surface area contributed by atoms with Crippen LogP contribution in [0.15, 0.2) is 207 Å². The topological polar surface area (TPSA) is 237 Å². The van der Waals surface area contributed by atoms with E-state index in [1.807, 2.05) is 30.4 Å². The number of phosphoric acid groups is 2. The summed E-state index contributed by atoms with van der Waals surface area (Å²) in [5.41, 5.74) is 0. The summed E-state index contributed by atoms with van der Waals surface area (Å²) in [5.74, 6) is -2.49. The molecular formula is C87H136O17P2. The van der Waals surface area contributed by atoms with Gasteiger partial charge in [-0.05, 0) is 161 Å². The summed E-state index contributed by atoms with van der Waals surface area (Å²) in [4.78, 5) is 72.9. The number of hydrogen-bond acceptors (Lipinski definition) is 15. The Labute approximate surface area is 639 Å². The Morgan fingerprint density at radius 2 is 0.547 bits per heavy atom. The van der Waals surface area contributed by atoms with Crippen molar-refractivity contribution in [1.29, 1.82) is 0 Å². The molecule has 0 bridgehead atoms. The van der Waals surface area contributed by atoms with Crippen LogP contribution in [0.5, 0.6) is 0 Å². The van der Waals surface area contributed by atoms with Gasteiger partial charge in [-0.25, -0.2) is 9.13 Å². The average molecular weight is 1520 g/mol. The van der Waals surface area contributed by atoms with Gasteiger partial charge in [0.25, 0.3) is 0 Å². The SMILES string of the molecule is CC/C=C\C/C=C\C/C=C\C/C=C\C/C=C\C/C=C\CCC(=O)OCC(COP(=O)(O)OCC(O)COP(=O)(O)OCC(COC(=O)CCCCC/C=C\C/C=C\C/C=C\C/C=C\C/C=C\CC)OC(=O)C/C=C\C/C=C\C/C=C\C/C=C\C/C=C\CC)OC(=O)CCCCCCC/C=C\CCCCCC. The maximum absolute atomic E-state index is 13.1. The smallest absolute Gasteiger partial charge is 0.462 e. The number of ether oxygens (including phenoxy) is 4. The Hall–Kier alpha value is -6.36. The second kappa shape index (κ2) is 76.8. The highest BCUT2D eigenvalue weighted by Gasteiger charge is 2.30. The summed E-state index contributed by atoms with van der Waals surface area (Å²) in [6, 6.07) is 0. The molecule has 0 rings (SSSR count). The third-order valence-corrected chi connectivity index (χ3v) is 17.2. The Bertz CT molecular complexity index is 2830. The molecule has 19 heteroatoms. The van der Waals surface area contributed by atoms with Gasteiger partial charge < -0.3 is 33.8 Å². The van der Waals surface area contributed by atoms with Gasteiger partial charge in [-0.15, -0.1) is 0 Å². The van der Waals surface area contributed by atoms with E-state index in [1.54, 1.807) is 12.2 Å². The van der Waals surface area contributed by atoms with Gasteiger partial charge in [-0.3, -0.25) is 37.3 Å². The van der Waals surface area contributed by atoms with E-state index in [2.05, 4.69) is 192 Å². The molecule has 0 amide bonds. The van der Waals surface area contributed by atoms with Gasteiger partial charge in [0.05, 0.1) is 32.8 Å². The van der Waals surface area contributed by atoms with Crippen LogP contribution in [0.1, 0.15) is 259 Å². The number of rotatable bonds is 71. The number of phosphoric ester groups is 2. The van der Waals surface area contributed by atoms with E-state index in [0.29, 0.717) is 32.1 Å². The molecule has 0 saturated heterocycles. The molecule has 0 spiro atoms. The van der Waals surface area contributed by atoms with Crippen LogP contribution in [0.3, 0.4) is 0 Å². The van der Waals surface area contributed by atoms with E-state index in [-0.39, 0.29) is 25.7 Å². The second-order valence-corrected chi connectivity index (χ2v) is 28.1. The fraction of sp³-hybridized carbons (Fsp3) is 0.563. The summed E-state index contributed by atoms with van der Waals surface area (Å²) >= 11 is 0. The van der Waals surface area contributed by atoms with E-state index in [1.165, 1.54) is 25.7 Å². The monoisotopic (exact) mass is 1510 g/mol. The van der Waals surface area contributed by atoms with Crippen LogP contribution in [-0.2, 0) is 65.4 Å². The fourth-order valence-electron chi connectivity index (χ4n) is 9.40.